The SMILES string of the molecule is Oc1ccc(/C=C2/c3cc(O)cc4c3[C@H](c3cc(O)cc5c3[C@@H](c3cc(O)cc(O)c32)[C@H](c2ccc(O)cc2)O5)[C@@H](c2ccc(O)cc2)O4)cc1. The van der Waals surface area contributed by atoms with Crippen LogP contribution in [0.2, 0.25) is 0 Å². The van der Waals surface area contributed by atoms with E-state index >= 15 is 0 Å². The summed E-state index contributed by atoms with van der Waals surface area (Å²) in [5.41, 5.74) is 6.06. The van der Waals surface area contributed by atoms with Crippen molar-refractivity contribution in [1.82, 2.24) is 0 Å². The van der Waals surface area contributed by atoms with E-state index in [2.05, 4.69) is 0 Å². The summed E-state index contributed by atoms with van der Waals surface area (Å²) < 4.78 is 13.4. The van der Waals surface area contributed by atoms with Gasteiger partial charge in [0.15, 0.2) is 0 Å². The fourth-order valence-electron chi connectivity index (χ4n) is 7.97. The van der Waals surface area contributed by atoms with Gasteiger partial charge in [-0.25, -0.2) is 0 Å². The maximum Gasteiger partial charge on any atom is 0.135 e. The second-order valence-corrected chi connectivity index (χ2v) is 13.1. The Morgan fingerprint density at radius 1 is 0.451 bits per heavy atom. The maximum atomic E-state index is 11.9. The zero-order valence-electron chi connectivity index (χ0n) is 26.7. The summed E-state index contributed by atoms with van der Waals surface area (Å²) in [5, 5.41) is 75.9. The lowest BCUT2D eigenvalue weighted by molar-refractivity contribution is 0.219. The highest BCUT2D eigenvalue weighted by atomic mass is 16.5. The molecule has 9 nitrogen and oxygen atoms in total. The molecular formula is C42H30O9. The van der Waals surface area contributed by atoms with Gasteiger partial charge >= 0.3 is 0 Å². The Bertz CT molecular complexity index is 2400. The van der Waals surface area contributed by atoms with Crippen LogP contribution in [0.3, 0.4) is 0 Å². The molecule has 0 fully saturated rings. The fraction of sp³-hybridized carbons (Fsp3) is 0.0952. The summed E-state index contributed by atoms with van der Waals surface area (Å²) in [5.74, 6) is -0.833. The minimum Gasteiger partial charge on any atom is -0.508 e. The van der Waals surface area contributed by atoms with E-state index in [4.69, 9.17) is 9.47 Å². The van der Waals surface area contributed by atoms with Crippen LogP contribution in [0.15, 0.2) is 109 Å². The van der Waals surface area contributed by atoms with Crippen molar-refractivity contribution in [2.75, 3.05) is 0 Å². The van der Waals surface area contributed by atoms with Crippen molar-refractivity contribution in [3.05, 3.63) is 159 Å². The number of ether oxygens (including phenoxy) is 2. The molecule has 0 radical (unpaired) electrons. The minimum absolute atomic E-state index is 0.0508. The Hall–Kier alpha value is -6.74. The lowest BCUT2D eigenvalue weighted by Gasteiger charge is -2.26. The van der Waals surface area contributed by atoms with Gasteiger partial charge in [0, 0.05) is 34.9 Å². The smallest absolute Gasteiger partial charge is 0.135 e. The van der Waals surface area contributed by atoms with Crippen LogP contribution in [-0.2, 0) is 0 Å². The Kier molecular flexibility index (Phi) is 6.63. The molecule has 4 atom stereocenters. The first kappa shape index (κ1) is 30.3. The molecule has 0 aromatic heterocycles. The number of hydrogen-bond acceptors (Lipinski definition) is 9. The first-order valence-electron chi connectivity index (χ1n) is 16.3. The molecule has 6 aromatic rings. The predicted octanol–water partition coefficient (Wildman–Crippen LogP) is 8.06. The highest BCUT2D eigenvalue weighted by Gasteiger charge is 2.48. The third kappa shape index (κ3) is 4.85. The number of phenols is 7. The third-order valence-electron chi connectivity index (χ3n) is 10.0. The summed E-state index contributed by atoms with van der Waals surface area (Å²) in [6.45, 7) is 0. The number of aromatic hydroxyl groups is 7. The molecular weight excluding hydrogens is 648 g/mol. The van der Waals surface area contributed by atoms with Gasteiger partial charge < -0.3 is 45.2 Å². The summed E-state index contributed by atoms with van der Waals surface area (Å²) >= 11 is 0. The van der Waals surface area contributed by atoms with Crippen LogP contribution < -0.4 is 9.47 Å². The number of phenolic OH excluding ortho intramolecular Hbond substituents is 7. The van der Waals surface area contributed by atoms with Crippen LogP contribution in [0.5, 0.6) is 51.7 Å². The number of hydrogen-bond donors (Lipinski definition) is 7. The van der Waals surface area contributed by atoms with Crippen molar-refractivity contribution in [3.63, 3.8) is 0 Å². The number of fused-ring (bicyclic) bond motifs is 3. The first-order valence-corrected chi connectivity index (χ1v) is 16.3. The normalized spacial score (nSPS) is 20.3. The van der Waals surface area contributed by atoms with Crippen molar-refractivity contribution in [2.45, 2.75) is 24.0 Å². The molecule has 2 heterocycles. The second kappa shape index (κ2) is 11.1. The highest BCUT2D eigenvalue weighted by molar-refractivity contribution is 5.98. The monoisotopic (exact) mass is 678 g/mol. The largest absolute Gasteiger partial charge is 0.508 e. The molecule has 7 N–H and O–H groups in total. The van der Waals surface area contributed by atoms with Gasteiger partial charge in [-0.05, 0) is 99.6 Å². The van der Waals surface area contributed by atoms with E-state index in [1.165, 1.54) is 12.1 Å². The van der Waals surface area contributed by atoms with Crippen LogP contribution in [-0.4, -0.2) is 35.7 Å². The van der Waals surface area contributed by atoms with Crippen molar-refractivity contribution in [2.24, 2.45) is 0 Å². The molecule has 6 aromatic carbocycles. The van der Waals surface area contributed by atoms with Crippen LogP contribution in [0.25, 0.3) is 11.6 Å². The Morgan fingerprint density at radius 3 is 1.51 bits per heavy atom. The minimum atomic E-state index is -0.737. The Balaban J connectivity index is 1.44. The van der Waals surface area contributed by atoms with Gasteiger partial charge in [0.05, 0.1) is 11.8 Å². The van der Waals surface area contributed by atoms with Gasteiger partial charge in [-0.1, -0.05) is 36.4 Å². The summed E-state index contributed by atoms with van der Waals surface area (Å²) in [6.07, 6.45) is 0.410. The molecule has 0 unspecified atom stereocenters. The zero-order valence-corrected chi connectivity index (χ0v) is 26.7. The van der Waals surface area contributed by atoms with E-state index in [0.717, 1.165) is 5.56 Å². The van der Waals surface area contributed by atoms with E-state index in [0.29, 0.717) is 61.6 Å². The van der Waals surface area contributed by atoms with E-state index in [1.807, 2.05) is 6.08 Å². The first-order chi connectivity index (χ1) is 24.6. The van der Waals surface area contributed by atoms with Crippen LogP contribution in [0, 0.1) is 0 Å². The molecule has 0 saturated carbocycles. The third-order valence-corrected chi connectivity index (χ3v) is 10.0. The standard InChI is InChI=1S/C42H30O9/c43-23-7-1-20(2-8-23)13-29-30-14-27(47)18-34-37(30)40(42(50-34)22-5-11-25(45)12-6-22)32-16-28(48)19-35-38(32)39(31-15-26(46)17-33(49)36(29)31)41(51-35)21-3-9-24(44)10-4-21/h1-19,39-49H/b29-13-/t39-,40+,41+,42-/m1/s1. The van der Waals surface area contributed by atoms with E-state index in [9.17, 15) is 35.7 Å². The van der Waals surface area contributed by atoms with E-state index in [1.54, 1.807) is 97.1 Å². The van der Waals surface area contributed by atoms with Gasteiger partial charge in [-0.2, -0.15) is 0 Å². The second-order valence-electron chi connectivity index (χ2n) is 13.1. The predicted molar refractivity (Wildman–Crippen MR) is 188 cm³/mol. The molecule has 2 aliphatic heterocycles. The topological polar surface area (TPSA) is 160 Å². The van der Waals surface area contributed by atoms with Crippen LogP contribution in [0.1, 0.15) is 74.1 Å². The molecule has 51 heavy (non-hydrogen) atoms. The van der Waals surface area contributed by atoms with E-state index in [-0.39, 0.29) is 40.2 Å². The Morgan fingerprint density at radius 2 is 0.922 bits per heavy atom. The average molecular weight is 679 g/mol. The molecule has 252 valence electrons. The quantitative estimate of drug-likeness (QED) is 0.0982. The van der Waals surface area contributed by atoms with Crippen molar-refractivity contribution < 1.29 is 45.2 Å². The summed E-state index contributed by atoms with van der Waals surface area (Å²) in [6, 6.07) is 29.1. The molecule has 1 aliphatic carbocycles. The molecule has 0 spiro atoms. The number of benzene rings is 6. The van der Waals surface area contributed by atoms with Crippen LogP contribution >= 0.6 is 0 Å². The lowest BCUT2D eigenvalue weighted by Crippen LogP contribution is -2.16. The highest BCUT2D eigenvalue weighted by Crippen LogP contribution is 2.63. The van der Waals surface area contributed by atoms with Gasteiger partial charge in [-0.15, -0.1) is 0 Å². The number of rotatable bonds is 3. The van der Waals surface area contributed by atoms with Crippen LogP contribution in [0.4, 0.5) is 0 Å². The van der Waals surface area contributed by atoms with E-state index < -0.39 is 24.0 Å². The molecule has 9 rings (SSSR count). The summed E-state index contributed by atoms with van der Waals surface area (Å²) in [7, 11) is 0. The Labute approximate surface area is 291 Å². The zero-order chi connectivity index (χ0) is 35.1. The molecule has 0 amide bonds. The van der Waals surface area contributed by atoms with Gasteiger partial charge in [0.25, 0.3) is 0 Å². The maximum absolute atomic E-state index is 11.9. The summed E-state index contributed by atoms with van der Waals surface area (Å²) in [4.78, 5) is 0. The molecule has 9 heteroatoms. The molecule has 3 aliphatic rings. The molecule has 0 saturated heterocycles. The molecule has 0 bridgehead atoms. The van der Waals surface area contributed by atoms with Gasteiger partial charge in [0.2, 0.25) is 0 Å². The fourth-order valence-corrected chi connectivity index (χ4v) is 7.97. The van der Waals surface area contributed by atoms with Crippen molar-refractivity contribution >= 4 is 11.6 Å². The van der Waals surface area contributed by atoms with Gasteiger partial charge in [-0.3, -0.25) is 0 Å². The van der Waals surface area contributed by atoms with Gasteiger partial charge in [0.1, 0.15) is 64.0 Å². The lowest BCUT2D eigenvalue weighted by atomic mass is 9.76. The van der Waals surface area contributed by atoms with Crippen molar-refractivity contribution in [1.29, 1.82) is 0 Å². The average Bonchev–Trinajstić information content (AvgIpc) is 3.67. The van der Waals surface area contributed by atoms with Crippen molar-refractivity contribution in [3.8, 4) is 51.7 Å².